The first-order valence-corrected chi connectivity index (χ1v) is 13.9. The minimum absolute atomic E-state index is 0.0193. The normalized spacial score (nSPS) is 23.7. The Labute approximate surface area is 230 Å². The number of nitrogens with one attached hydrogen (secondary N) is 1. The Morgan fingerprint density at radius 1 is 1.03 bits per heavy atom. The number of amides is 1. The molecule has 1 heterocycles. The van der Waals surface area contributed by atoms with E-state index in [1.807, 2.05) is 18.2 Å². The lowest BCUT2D eigenvalue weighted by Gasteiger charge is -2.37. The molecule has 8 heteroatoms. The van der Waals surface area contributed by atoms with Crippen LogP contribution in [0.3, 0.4) is 0 Å². The number of carbonyl (C=O) groups excluding carboxylic acids is 1. The van der Waals surface area contributed by atoms with Gasteiger partial charge in [-0.2, -0.15) is 0 Å². The molecule has 0 aromatic heterocycles. The number of allylic oxidation sites excluding steroid dienone is 2. The van der Waals surface area contributed by atoms with Crippen LogP contribution in [0.1, 0.15) is 37.7 Å². The monoisotopic (exact) mass is 536 g/mol. The fourth-order valence-electron chi connectivity index (χ4n) is 5.57. The molecule has 2 fully saturated rings. The van der Waals surface area contributed by atoms with Gasteiger partial charge in [-0.25, -0.2) is 0 Å². The number of aliphatic hydroxyl groups excluding tert-OH is 1. The number of benzene rings is 2. The van der Waals surface area contributed by atoms with Crippen molar-refractivity contribution in [2.75, 3.05) is 32.8 Å². The summed E-state index contributed by atoms with van der Waals surface area (Å²) >= 11 is 0. The second-order valence-corrected chi connectivity index (χ2v) is 10.3. The lowest BCUT2D eigenvalue weighted by Crippen LogP contribution is -2.50. The SMILES string of the molecule is O=C(O)CNC(=O)CCC/C=C/CC1C(OCc2ccc(-c3ccccc3)cc2)CC(O)C1N1CCOCC1. The quantitative estimate of drug-likeness (QED) is 0.265. The Hall–Kier alpha value is -3.04. The maximum atomic E-state index is 11.7. The molecule has 2 aliphatic rings. The number of hydrogen-bond donors (Lipinski definition) is 3. The molecule has 1 aliphatic heterocycles. The highest BCUT2D eigenvalue weighted by Gasteiger charge is 2.45. The van der Waals surface area contributed by atoms with Gasteiger partial charge in [0.05, 0.1) is 32.0 Å². The van der Waals surface area contributed by atoms with Gasteiger partial charge < -0.3 is 25.0 Å². The number of ether oxygens (including phenoxy) is 2. The van der Waals surface area contributed by atoms with Crippen LogP contribution in [0.5, 0.6) is 0 Å². The van der Waals surface area contributed by atoms with Gasteiger partial charge >= 0.3 is 5.97 Å². The number of nitrogens with zero attached hydrogens (tertiary/aromatic N) is 1. The largest absolute Gasteiger partial charge is 0.480 e. The second kappa shape index (κ2) is 14.9. The summed E-state index contributed by atoms with van der Waals surface area (Å²) in [7, 11) is 0. The van der Waals surface area contributed by atoms with Crippen LogP contribution in [0.2, 0.25) is 0 Å². The molecule has 1 saturated heterocycles. The molecule has 4 atom stereocenters. The van der Waals surface area contributed by atoms with Crippen LogP contribution >= 0.6 is 0 Å². The molecule has 1 amide bonds. The molecule has 0 radical (unpaired) electrons. The third kappa shape index (κ3) is 8.73. The molecule has 0 spiro atoms. The molecule has 210 valence electrons. The van der Waals surface area contributed by atoms with Gasteiger partial charge in [0.25, 0.3) is 0 Å². The fourth-order valence-corrected chi connectivity index (χ4v) is 5.57. The van der Waals surface area contributed by atoms with E-state index in [1.54, 1.807) is 0 Å². The van der Waals surface area contributed by atoms with Gasteiger partial charge in [0.1, 0.15) is 6.54 Å². The van der Waals surface area contributed by atoms with Crippen molar-refractivity contribution >= 4 is 11.9 Å². The Morgan fingerprint density at radius 3 is 2.46 bits per heavy atom. The lowest BCUT2D eigenvalue weighted by atomic mass is 9.94. The van der Waals surface area contributed by atoms with Crippen LogP contribution in [0.15, 0.2) is 66.7 Å². The zero-order valence-corrected chi connectivity index (χ0v) is 22.4. The molecule has 8 nitrogen and oxygen atoms in total. The Kier molecular flexibility index (Phi) is 11.1. The van der Waals surface area contributed by atoms with Gasteiger partial charge in [0, 0.05) is 37.9 Å². The fraction of sp³-hybridized carbons (Fsp3) is 0.484. The second-order valence-electron chi connectivity index (χ2n) is 10.3. The van der Waals surface area contributed by atoms with Crippen LogP contribution in [0, 0.1) is 5.92 Å². The molecule has 39 heavy (non-hydrogen) atoms. The van der Waals surface area contributed by atoms with Crippen molar-refractivity contribution in [3.8, 4) is 11.1 Å². The molecular weight excluding hydrogens is 496 g/mol. The number of aliphatic hydroxyl groups is 1. The smallest absolute Gasteiger partial charge is 0.322 e. The molecule has 2 aromatic carbocycles. The number of aliphatic carboxylic acids is 1. The van der Waals surface area contributed by atoms with E-state index < -0.39 is 12.1 Å². The van der Waals surface area contributed by atoms with Gasteiger partial charge in [-0.3, -0.25) is 14.5 Å². The highest BCUT2D eigenvalue weighted by molar-refractivity contribution is 5.81. The van der Waals surface area contributed by atoms with Crippen molar-refractivity contribution in [3.05, 3.63) is 72.3 Å². The Morgan fingerprint density at radius 2 is 1.74 bits per heavy atom. The highest BCUT2D eigenvalue weighted by atomic mass is 16.5. The van der Waals surface area contributed by atoms with Crippen molar-refractivity contribution in [1.29, 1.82) is 0 Å². The number of hydrogen-bond acceptors (Lipinski definition) is 6. The first-order chi connectivity index (χ1) is 19.0. The van der Waals surface area contributed by atoms with Crippen LogP contribution < -0.4 is 5.32 Å². The number of rotatable bonds is 13. The Balaban J connectivity index is 1.32. The average molecular weight is 537 g/mol. The highest BCUT2D eigenvalue weighted by Crippen LogP contribution is 2.36. The van der Waals surface area contributed by atoms with Crippen molar-refractivity contribution in [3.63, 3.8) is 0 Å². The Bertz CT molecular complexity index is 1070. The third-order valence-electron chi connectivity index (χ3n) is 7.56. The van der Waals surface area contributed by atoms with E-state index in [-0.39, 0.29) is 30.5 Å². The summed E-state index contributed by atoms with van der Waals surface area (Å²) in [6, 6.07) is 18.8. The molecule has 4 unspecified atom stereocenters. The number of carbonyl (C=O) groups is 2. The van der Waals surface area contributed by atoms with Crippen molar-refractivity contribution in [1.82, 2.24) is 10.2 Å². The maximum Gasteiger partial charge on any atom is 0.322 e. The average Bonchev–Trinajstić information content (AvgIpc) is 3.28. The summed E-state index contributed by atoms with van der Waals surface area (Å²) in [5, 5.41) is 22.1. The van der Waals surface area contributed by atoms with Crippen LogP contribution in [0.25, 0.3) is 11.1 Å². The van der Waals surface area contributed by atoms with Crippen LogP contribution in [0.4, 0.5) is 0 Å². The number of carboxylic acid groups (broad SMARTS) is 1. The van der Waals surface area contributed by atoms with E-state index in [0.717, 1.165) is 31.5 Å². The first-order valence-electron chi connectivity index (χ1n) is 13.9. The topological polar surface area (TPSA) is 108 Å². The zero-order valence-electron chi connectivity index (χ0n) is 22.4. The van der Waals surface area contributed by atoms with E-state index in [1.165, 1.54) is 11.1 Å². The number of carboxylic acids is 1. The molecule has 3 N–H and O–H groups in total. The van der Waals surface area contributed by atoms with Crippen molar-refractivity contribution in [2.24, 2.45) is 5.92 Å². The number of morpholine rings is 1. The van der Waals surface area contributed by atoms with Crippen LogP contribution in [-0.4, -0.2) is 78.1 Å². The summed E-state index contributed by atoms with van der Waals surface area (Å²) in [4.78, 5) is 24.6. The summed E-state index contributed by atoms with van der Waals surface area (Å²) in [5.41, 5.74) is 3.46. The van der Waals surface area contributed by atoms with E-state index in [2.05, 4.69) is 58.8 Å². The van der Waals surface area contributed by atoms with E-state index in [9.17, 15) is 14.7 Å². The summed E-state index contributed by atoms with van der Waals surface area (Å²) in [5.74, 6) is -1.14. The minimum atomic E-state index is -1.04. The van der Waals surface area contributed by atoms with Gasteiger partial charge in [-0.1, -0.05) is 66.7 Å². The molecule has 1 saturated carbocycles. The molecule has 0 bridgehead atoms. The number of unbranched alkanes of at least 4 members (excludes halogenated alkanes) is 1. The molecule has 1 aliphatic carbocycles. The maximum absolute atomic E-state index is 11.7. The lowest BCUT2D eigenvalue weighted by molar-refractivity contribution is -0.137. The minimum Gasteiger partial charge on any atom is -0.480 e. The summed E-state index contributed by atoms with van der Waals surface area (Å²) in [6.45, 7) is 3.11. The predicted octanol–water partition coefficient (Wildman–Crippen LogP) is 3.64. The van der Waals surface area contributed by atoms with E-state index in [4.69, 9.17) is 14.6 Å². The molecule has 2 aromatic rings. The van der Waals surface area contributed by atoms with Gasteiger partial charge in [0.2, 0.25) is 5.91 Å². The standard InChI is InChI=1S/C31H40N2O6/c34-27-20-28(39-22-23-12-14-25(15-13-23)24-8-4-3-5-9-24)26(31(27)33-16-18-38-19-17-33)10-6-1-2-7-11-29(35)32-21-30(36)37/h1,3-6,8-9,12-15,26-28,31,34H,2,7,10-11,16-22H2,(H,32,35)(H,36,37)/b6-1+. The van der Waals surface area contributed by atoms with Gasteiger partial charge in [-0.05, 0) is 36.0 Å². The molecule has 4 rings (SSSR count). The summed E-state index contributed by atoms with van der Waals surface area (Å²) < 4.78 is 12.0. The van der Waals surface area contributed by atoms with Gasteiger partial charge in [0.15, 0.2) is 0 Å². The van der Waals surface area contributed by atoms with Crippen molar-refractivity contribution < 1.29 is 29.3 Å². The van der Waals surface area contributed by atoms with E-state index in [0.29, 0.717) is 39.1 Å². The van der Waals surface area contributed by atoms with Crippen molar-refractivity contribution in [2.45, 2.75) is 57.0 Å². The van der Waals surface area contributed by atoms with Gasteiger partial charge in [-0.15, -0.1) is 0 Å². The zero-order chi connectivity index (χ0) is 27.5. The predicted molar refractivity (Wildman–Crippen MR) is 149 cm³/mol. The first kappa shape index (κ1) is 29.0. The molecular formula is C31H40N2O6. The van der Waals surface area contributed by atoms with Crippen LogP contribution in [-0.2, 0) is 25.7 Å². The van der Waals surface area contributed by atoms with E-state index >= 15 is 0 Å². The third-order valence-corrected chi connectivity index (χ3v) is 7.56. The summed E-state index contributed by atoms with van der Waals surface area (Å²) in [6.07, 6.45) is 6.76.